The highest BCUT2D eigenvalue weighted by atomic mass is 16.5. The molecule has 1 fully saturated rings. The zero-order valence-electron chi connectivity index (χ0n) is 16.1. The zero-order chi connectivity index (χ0) is 19.1. The number of methoxy groups -OCH3 is 1. The van der Waals surface area contributed by atoms with Crippen molar-refractivity contribution in [1.29, 1.82) is 0 Å². The number of nitrogens with one attached hydrogen (secondary N) is 1. The average Bonchev–Trinajstić information content (AvgIpc) is 3.37. The van der Waals surface area contributed by atoms with Crippen molar-refractivity contribution in [1.82, 2.24) is 14.8 Å². The molecule has 0 bridgehead atoms. The summed E-state index contributed by atoms with van der Waals surface area (Å²) in [5.41, 5.74) is 4.62. The molecule has 5 nitrogen and oxygen atoms in total. The molecule has 28 heavy (non-hydrogen) atoms. The predicted octanol–water partition coefficient (Wildman–Crippen LogP) is 3.62. The number of amides is 1. The van der Waals surface area contributed by atoms with E-state index in [-0.39, 0.29) is 5.91 Å². The van der Waals surface area contributed by atoms with Gasteiger partial charge in [0.2, 0.25) is 0 Å². The largest absolute Gasteiger partial charge is 0.497 e. The summed E-state index contributed by atoms with van der Waals surface area (Å²) < 4.78 is 5.43. The lowest BCUT2D eigenvalue weighted by molar-refractivity contribution is 0.0570. The first-order chi connectivity index (χ1) is 13.7. The average molecular weight is 375 g/mol. The number of carbonyl (C=O) groups is 1. The van der Waals surface area contributed by atoms with E-state index in [0.29, 0.717) is 6.04 Å². The Labute approximate surface area is 164 Å². The summed E-state index contributed by atoms with van der Waals surface area (Å²) in [4.78, 5) is 20.8. The zero-order valence-corrected chi connectivity index (χ0v) is 16.1. The van der Waals surface area contributed by atoms with Gasteiger partial charge < -0.3 is 14.6 Å². The molecule has 144 valence electrons. The highest BCUT2D eigenvalue weighted by Crippen LogP contribution is 2.38. The molecule has 1 aliphatic heterocycles. The summed E-state index contributed by atoms with van der Waals surface area (Å²) in [6.07, 6.45) is 4.12. The fraction of sp³-hybridized carbons (Fsp3) is 0.348. The molecular weight excluding hydrogens is 350 g/mol. The lowest BCUT2D eigenvalue weighted by Crippen LogP contribution is -2.49. The Bertz CT molecular complexity index is 1020. The highest BCUT2D eigenvalue weighted by molar-refractivity contribution is 6.06. The molecular formula is C23H25N3O2. The topological polar surface area (TPSA) is 48.6 Å². The first kappa shape index (κ1) is 17.3. The Morgan fingerprint density at radius 3 is 2.75 bits per heavy atom. The van der Waals surface area contributed by atoms with E-state index in [1.54, 1.807) is 7.11 Å². The van der Waals surface area contributed by atoms with Gasteiger partial charge in [-0.25, -0.2) is 0 Å². The Morgan fingerprint density at radius 2 is 1.93 bits per heavy atom. The maximum absolute atomic E-state index is 13.1. The summed E-state index contributed by atoms with van der Waals surface area (Å²) in [6, 6.07) is 14.9. The van der Waals surface area contributed by atoms with E-state index in [1.165, 1.54) is 11.1 Å². The third-order valence-corrected chi connectivity index (χ3v) is 6.26. The Morgan fingerprint density at radius 1 is 1.11 bits per heavy atom. The van der Waals surface area contributed by atoms with Crippen LogP contribution in [0.3, 0.4) is 0 Å². The van der Waals surface area contributed by atoms with Gasteiger partial charge >= 0.3 is 0 Å². The van der Waals surface area contributed by atoms with Gasteiger partial charge in [-0.1, -0.05) is 24.3 Å². The molecule has 5 rings (SSSR count). The van der Waals surface area contributed by atoms with Crippen molar-refractivity contribution < 1.29 is 9.53 Å². The number of aryl methyl sites for hydroxylation is 1. The molecule has 1 aliphatic carbocycles. The van der Waals surface area contributed by atoms with Crippen LogP contribution in [-0.2, 0) is 6.42 Å². The van der Waals surface area contributed by atoms with Crippen molar-refractivity contribution in [2.75, 3.05) is 33.3 Å². The van der Waals surface area contributed by atoms with E-state index in [9.17, 15) is 4.79 Å². The monoisotopic (exact) mass is 375 g/mol. The molecule has 1 saturated heterocycles. The lowest BCUT2D eigenvalue weighted by atomic mass is 10.1. The van der Waals surface area contributed by atoms with E-state index in [0.717, 1.165) is 61.2 Å². The molecule has 2 aromatic carbocycles. The molecule has 0 spiro atoms. The van der Waals surface area contributed by atoms with Crippen LogP contribution >= 0.6 is 0 Å². The van der Waals surface area contributed by atoms with Gasteiger partial charge in [-0.2, -0.15) is 0 Å². The van der Waals surface area contributed by atoms with Gasteiger partial charge in [0.05, 0.1) is 12.7 Å². The molecule has 3 aromatic rings. The van der Waals surface area contributed by atoms with Crippen LogP contribution in [0, 0.1) is 0 Å². The molecule has 1 atom stereocenters. The number of hydrogen-bond acceptors (Lipinski definition) is 3. The van der Waals surface area contributed by atoms with Crippen LogP contribution in [0.15, 0.2) is 48.7 Å². The second-order valence-electron chi connectivity index (χ2n) is 7.70. The van der Waals surface area contributed by atoms with Gasteiger partial charge in [0.15, 0.2) is 0 Å². The quantitative estimate of drug-likeness (QED) is 0.761. The van der Waals surface area contributed by atoms with Crippen molar-refractivity contribution in [2.24, 2.45) is 0 Å². The Hall–Kier alpha value is -2.79. The number of fused-ring (bicyclic) bond motifs is 2. The van der Waals surface area contributed by atoms with Crippen molar-refractivity contribution in [3.8, 4) is 5.75 Å². The minimum absolute atomic E-state index is 0.130. The van der Waals surface area contributed by atoms with Gasteiger partial charge in [-0.3, -0.25) is 9.69 Å². The SMILES string of the molecule is COc1ccc2c(c1)C(N1CCN(C(=O)c3c[nH]c4ccccc34)CC1)CC2. The third-order valence-electron chi connectivity index (χ3n) is 6.26. The number of piperazine rings is 1. The van der Waals surface area contributed by atoms with E-state index < -0.39 is 0 Å². The first-order valence-electron chi connectivity index (χ1n) is 10.0. The highest BCUT2D eigenvalue weighted by Gasteiger charge is 2.32. The Balaban J connectivity index is 1.29. The van der Waals surface area contributed by atoms with Crippen LogP contribution in [0.25, 0.3) is 10.9 Å². The molecule has 2 aliphatic rings. The summed E-state index contributed by atoms with van der Waals surface area (Å²) in [6.45, 7) is 3.37. The van der Waals surface area contributed by atoms with Crippen LogP contribution in [-0.4, -0.2) is 54.0 Å². The van der Waals surface area contributed by atoms with Crippen LogP contribution in [0.2, 0.25) is 0 Å². The van der Waals surface area contributed by atoms with Gasteiger partial charge in [0.1, 0.15) is 5.75 Å². The lowest BCUT2D eigenvalue weighted by Gasteiger charge is -2.38. The van der Waals surface area contributed by atoms with E-state index in [1.807, 2.05) is 35.4 Å². The molecule has 5 heteroatoms. The molecule has 0 saturated carbocycles. The smallest absolute Gasteiger partial charge is 0.256 e. The van der Waals surface area contributed by atoms with Crippen LogP contribution in [0.5, 0.6) is 5.75 Å². The number of aromatic amines is 1. The van der Waals surface area contributed by atoms with E-state index in [2.05, 4.69) is 28.1 Å². The van der Waals surface area contributed by atoms with E-state index >= 15 is 0 Å². The van der Waals surface area contributed by atoms with Crippen molar-refractivity contribution >= 4 is 16.8 Å². The molecule has 0 radical (unpaired) electrons. The summed E-state index contributed by atoms with van der Waals surface area (Å²) in [5, 5.41) is 1.01. The number of aromatic nitrogens is 1. The van der Waals surface area contributed by atoms with Crippen LogP contribution in [0.1, 0.15) is 33.9 Å². The maximum Gasteiger partial charge on any atom is 0.256 e. The van der Waals surface area contributed by atoms with E-state index in [4.69, 9.17) is 4.74 Å². The number of ether oxygens (including phenoxy) is 1. The van der Waals surface area contributed by atoms with Gasteiger partial charge in [0.25, 0.3) is 5.91 Å². The fourth-order valence-electron chi connectivity index (χ4n) is 4.72. The number of nitrogens with zero attached hydrogens (tertiary/aromatic N) is 2. The standard InChI is InChI=1S/C23H25N3O2/c1-28-17-8-6-16-7-9-22(19(16)14-17)25-10-12-26(13-11-25)23(27)20-15-24-21-5-3-2-4-18(20)21/h2-6,8,14-15,22,24H,7,9-13H2,1H3. The maximum atomic E-state index is 13.1. The van der Waals surface area contributed by atoms with Gasteiger partial charge in [0, 0.05) is 49.3 Å². The minimum Gasteiger partial charge on any atom is -0.497 e. The number of para-hydroxylation sites is 1. The summed E-state index contributed by atoms with van der Waals surface area (Å²) in [7, 11) is 1.72. The van der Waals surface area contributed by atoms with Crippen molar-refractivity contribution in [3.05, 3.63) is 65.4 Å². The number of carbonyl (C=O) groups excluding carboxylic acids is 1. The number of H-pyrrole nitrogens is 1. The minimum atomic E-state index is 0.130. The molecule has 1 N–H and O–H groups in total. The third kappa shape index (κ3) is 2.87. The van der Waals surface area contributed by atoms with Crippen molar-refractivity contribution in [2.45, 2.75) is 18.9 Å². The summed E-state index contributed by atoms with van der Waals surface area (Å²) >= 11 is 0. The number of benzene rings is 2. The second-order valence-corrected chi connectivity index (χ2v) is 7.70. The first-order valence-corrected chi connectivity index (χ1v) is 10.0. The number of hydrogen-bond donors (Lipinski definition) is 1. The van der Waals surface area contributed by atoms with Gasteiger partial charge in [-0.05, 0) is 42.2 Å². The Kier molecular flexibility index (Phi) is 4.32. The molecule has 1 aromatic heterocycles. The molecule has 1 amide bonds. The normalized spacial score (nSPS) is 19.8. The van der Waals surface area contributed by atoms with Gasteiger partial charge in [-0.15, -0.1) is 0 Å². The molecule has 2 heterocycles. The van der Waals surface area contributed by atoms with Crippen LogP contribution < -0.4 is 4.74 Å². The predicted molar refractivity (Wildman–Crippen MR) is 110 cm³/mol. The summed E-state index contributed by atoms with van der Waals surface area (Å²) in [5.74, 6) is 1.06. The van der Waals surface area contributed by atoms with Crippen molar-refractivity contribution in [3.63, 3.8) is 0 Å². The fourth-order valence-corrected chi connectivity index (χ4v) is 4.72. The molecule has 1 unspecified atom stereocenters. The van der Waals surface area contributed by atoms with Crippen LogP contribution in [0.4, 0.5) is 0 Å². The number of rotatable bonds is 3. The second kappa shape index (κ2) is 6.99.